The Bertz CT molecular complexity index is 773. The van der Waals surface area contributed by atoms with Gasteiger partial charge in [-0.1, -0.05) is 11.6 Å². The second-order valence-corrected chi connectivity index (χ2v) is 4.96. The van der Waals surface area contributed by atoms with E-state index in [1.807, 2.05) is 17.5 Å². The van der Waals surface area contributed by atoms with Crippen LogP contribution in [0.2, 0.25) is 5.15 Å². The van der Waals surface area contributed by atoms with Gasteiger partial charge in [-0.15, -0.1) is 11.3 Å². The first-order valence-corrected chi connectivity index (χ1v) is 6.43. The Morgan fingerprint density at radius 3 is 2.94 bits per heavy atom. The number of fused-ring (bicyclic) bond motifs is 1. The van der Waals surface area contributed by atoms with Gasteiger partial charge in [-0.3, -0.25) is 4.98 Å². The van der Waals surface area contributed by atoms with E-state index in [1.165, 1.54) is 0 Å². The van der Waals surface area contributed by atoms with E-state index in [4.69, 9.17) is 16.9 Å². The molecule has 5 heteroatoms. The van der Waals surface area contributed by atoms with Gasteiger partial charge in [-0.05, 0) is 18.2 Å². The molecule has 0 aromatic carbocycles. The molecule has 0 N–H and O–H groups in total. The Labute approximate surface area is 112 Å². The Morgan fingerprint density at radius 2 is 2.11 bits per heavy atom. The number of aromatic nitrogens is 2. The number of nitrogens with zero attached hydrogens (tertiary/aromatic N) is 3. The average Bonchev–Trinajstić information content (AvgIpc) is 2.81. The van der Waals surface area contributed by atoms with Crippen molar-refractivity contribution in [1.82, 2.24) is 9.97 Å². The van der Waals surface area contributed by atoms with Gasteiger partial charge < -0.3 is 0 Å². The molecule has 3 aromatic rings. The number of halogens is 1. The van der Waals surface area contributed by atoms with Crippen molar-refractivity contribution >= 4 is 33.2 Å². The van der Waals surface area contributed by atoms with Gasteiger partial charge in [-0.2, -0.15) is 5.26 Å². The molecule has 0 aliphatic heterocycles. The van der Waals surface area contributed by atoms with Gasteiger partial charge in [0.1, 0.15) is 11.2 Å². The predicted octanol–water partition coefficient (Wildman–Crippen LogP) is 3.88. The standard InChI is InChI=1S/C13H6ClN3S/c14-12-2-1-11-13(17-12)10(7-18-11)9-3-4-16-6-8(9)5-15/h1-4,6-7H. The molecule has 86 valence electrons. The molecule has 3 rings (SSSR count). The molecule has 0 saturated carbocycles. The average molecular weight is 272 g/mol. The lowest BCUT2D eigenvalue weighted by atomic mass is 10.0. The van der Waals surface area contributed by atoms with Gasteiger partial charge >= 0.3 is 0 Å². The molecule has 3 nitrogen and oxygen atoms in total. The molecule has 0 atom stereocenters. The van der Waals surface area contributed by atoms with Crippen LogP contribution in [0.5, 0.6) is 0 Å². The lowest BCUT2D eigenvalue weighted by Crippen LogP contribution is -1.86. The van der Waals surface area contributed by atoms with Crippen LogP contribution in [0, 0.1) is 11.3 Å². The van der Waals surface area contributed by atoms with Crippen molar-refractivity contribution in [1.29, 1.82) is 5.26 Å². The van der Waals surface area contributed by atoms with E-state index in [9.17, 15) is 0 Å². The minimum absolute atomic E-state index is 0.453. The van der Waals surface area contributed by atoms with Gasteiger partial charge in [0.05, 0.1) is 15.8 Å². The molecule has 3 heterocycles. The first-order valence-electron chi connectivity index (χ1n) is 5.18. The summed E-state index contributed by atoms with van der Waals surface area (Å²) in [5.74, 6) is 0. The van der Waals surface area contributed by atoms with E-state index in [2.05, 4.69) is 16.0 Å². The smallest absolute Gasteiger partial charge is 0.129 e. The van der Waals surface area contributed by atoms with Crippen LogP contribution in [-0.2, 0) is 0 Å². The van der Waals surface area contributed by atoms with E-state index in [1.54, 1.807) is 29.8 Å². The molecule has 0 amide bonds. The summed E-state index contributed by atoms with van der Waals surface area (Å²) in [6.45, 7) is 0. The SMILES string of the molecule is N#Cc1cnccc1-c1csc2ccc(Cl)nc12. The van der Waals surface area contributed by atoms with E-state index in [0.29, 0.717) is 10.7 Å². The molecule has 0 bridgehead atoms. The van der Waals surface area contributed by atoms with Crippen LogP contribution in [0.25, 0.3) is 21.3 Å². The predicted molar refractivity (Wildman–Crippen MR) is 72.6 cm³/mol. The molecule has 3 aromatic heterocycles. The molecular weight excluding hydrogens is 266 g/mol. The minimum atomic E-state index is 0.453. The van der Waals surface area contributed by atoms with Crippen LogP contribution in [0.3, 0.4) is 0 Å². The zero-order valence-electron chi connectivity index (χ0n) is 9.09. The monoisotopic (exact) mass is 271 g/mol. The van der Waals surface area contributed by atoms with Gasteiger partial charge in [0.25, 0.3) is 0 Å². The van der Waals surface area contributed by atoms with Gasteiger partial charge in [0.2, 0.25) is 0 Å². The highest BCUT2D eigenvalue weighted by Gasteiger charge is 2.11. The van der Waals surface area contributed by atoms with Crippen LogP contribution in [-0.4, -0.2) is 9.97 Å². The van der Waals surface area contributed by atoms with Crippen molar-refractivity contribution in [2.45, 2.75) is 0 Å². The van der Waals surface area contributed by atoms with E-state index in [-0.39, 0.29) is 0 Å². The number of nitriles is 1. The topological polar surface area (TPSA) is 49.6 Å². The molecule has 0 spiro atoms. The quantitative estimate of drug-likeness (QED) is 0.631. The third-order valence-electron chi connectivity index (χ3n) is 2.61. The summed E-state index contributed by atoms with van der Waals surface area (Å²) in [5, 5.41) is 11.6. The number of rotatable bonds is 1. The summed E-state index contributed by atoms with van der Waals surface area (Å²) in [6.07, 6.45) is 3.23. The minimum Gasteiger partial charge on any atom is -0.263 e. The van der Waals surface area contributed by atoms with Crippen LogP contribution >= 0.6 is 22.9 Å². The maximum absolute atomic E-state index is 9.11. The highest BCUT2D eigenvalue weighted by atomic mass is 35.5. The van der Waals surface area contributed by atoms with Crippen molar-refractivity contribution < 1.29 is 0 Å². The van der Waals surface area contributed by atoms with Gasteiger partial charge in [0, 0.05) is 28.9 Å². The van der Waals surface area contributed by atoms with Gasteiger partial charge in [0.15, 0.2) is 0 Å². The highest BCUT2D eigenvalue weighted by molar-refractivity contribution is 7.17. The second kappa shape index (κ2) is 4.37. The van der Waals surface area contributed by atoms with Crippen LogP contribution in [0.15, 0.2) is 36.0 Å². The molecule has 0 aliphatic carbocycles. The summed E-state index contributed by atoms with van der Waals surface area (Å²) in [7, 11) is 0. The lowest BCUT2D eigenvalue weighted by molar-refractivity contribution is 1.30. The fraction of sp³-hybridized carbons (Fsp3) is 0. The Kier molecular flexibility index (Phi) is 2.71. The normalized spacial score (nSPS) is 10.4. The van der Waals surface area contributed by atoms with Crippen molar-refractivity contribution in [3.05, 3.63) is 46.7 Å². The molecule has 0 fully saturated rings. The molecule has 0 unspecified atom stereocenters. The van der Waals surface area contributed by atoms with Crippen molar-refractivity contribution in [3.63, 3.8) is 0 Å². The van der Waals surface area contributed by atoms with Crippen LogP contribution < -0.4 is 0 Å². The van der Waals surface area contributed by atoms with Crippen molar-refractivity contribution in [3.8, 4) is 17.2 Å². The van der Waals surface area contributed by atoms with Crippen molar-refractivity contribution in [2.24, 2.45) is 0 Å². The highest BCUT2D eigenvalue weighted by Crippen LogP contribution is 2.34. The summed E-state index contributed by atoms with van der Waals surface area (Å²) < 4.78 is 1.05. The largest absolute Gasteiger partial charge is 0.263 e. The van der Waals surface area contributed by atoms with E-state index < -0.39 is 0 Å². The van der Waals surface area contributed by atoms with Crippen LogP contribution in [0.1, 0.15) is 5.56 Å². The third-order valence-corrected chi connectivity index (χ3v) is 3.76. The molecule has 0 aliphatic rings. The van der Waals surface area contributed by atoms with Crippen LogP contribution in [0.4, 0.5) is 0 Å². The van der Waals surface area contributed by atoms with E-state index in [0.717, 1.165) is 21.3 Å². The number of thiophene rings is 1. The maximum atomic E-state index is 9.11. The first-order chi connectivity index (χ1) is 8.79. The summed E-state index contributed by atoms with van der Waals surface area (Å²) >= 11 is 7.51. The number of hydrogen-bond donors (Lipinski definition) is 0. The Balaban J connectivity index is 2.32. The summed E-state index contributed by atoms with van der Waals surface area (Å²) in [6, 6.07) is 7.67. The Hall–Kier alpha value is -1.96. The summed E-state index contributed by atoms with van der Waals surface area (Å²) in [4.78, 5) is 8.29. The zero-order valence-corrected chi connectivity index (χ0v) is 10.7. The molecule has 18 heavy (non-hydrogen) atoms. The van der Waals surface area contributed by atoms with E-state index >= 15 is 0 Å². The zero-order chi connectivity index (χ0) is 12.5. The molecule has 0 saturated heterocycles. The molecular formula is C13H6ClN3S. The lowest BCUT2D eigenvalue weighted by Gasteiger charge is -2.01. The number of pyridine rings is 2. The van der Waals surface area contributed by atoms with Crippen molar-refractivity contribution in [2.75, 3.05) is 0 Å². The third kappa shape index (κ3) is 1.74. The number of hydrogen-bond acceptors (Lipinski definition) is 4. The Morgan fingerprint density at radius 1 is 1.22 bits per heavy atom. The second-order valence-electron chi connectivity index (χ2n) is 3.66. The fourth-order valence-corrected chi connectivity index (χ4v) is 2.84. The fourth-order valence-electron chi connectivity index (χ4n) is 1.80. The maximum Gasteiger partial charge on any atom is 0.129 e. The van der Waals surface area contributed by atoms with Gasteiger partial charge in [-0.25, -0.2) is 4.98 Å². The molecule has 0 radical (unpaired) electrons. The first kappa shape index (κ1) is 11.1. The summed E-state index contributed by atoms with van der Waals surface area (Å²) in [5.41, 5.74) is 3.14.